The van der Waals surface area contributed by atoms with Gasteiger partial charge in [0.2, 0.25) is 0 Å². The van der Waals surface area contributed by atoms with Crippen molar-refractivity contribution in [3.05, 3.63) is 27.5 Å². The molecular weight excluding hydrogens is 261 g/mol. The van der Waals surface area contributed by atoms with Crippen LogP contribution in [0.2, 0.25) is 0 Å². The highest BCUT2D eigenvalue weighted by molar-refractivity contribution is 9.10. The highest BCUT2D eigenvalue weighted by atomic mass is 79.9. The number of hydrogen-bond donors (Lipinski definition) is 1. The van der Waals surface area contributed by atoms with E-state index in [-0.39, 0.29) is 11.7 Å². The minimum atomic E-state index is -0.278. The van der Waals surface area contributed by atoms with E-state index in [1.165, 1.54) is 0 Å². The van der Waals surface area contributed by atoms with Crippen LogP contribution in [0.1, 0.15) is 24.0 Å². The quantitative estimate of drug-likeness (QED) is 0.921. The average Bonchev–Trinajstić information content (AvgIpc) is 2.24. The first kappa shape index (κ1) is 12.5. The van der Waals surface area contributed by atoms with Crippen molar-refractivity contribution in [3.63, 3.8) is 0 Å². The molecule has 0 aliphatic heterocycles. The van der Waals surface area contributed by atoms with E-state index in [0.29, 0.717) is 22.3 Å². The van der Waals surface area contributed by atoms with Gasteiger partial charge in [0.25, 0.3) is 0 Å². The predicted octanol–water partition coefficient (Wildman–Crippen LogP) is 2.97. The van der Waals surface area contributed by atoms with Crippen molar-refractivity contribution in [1.82, 2.24) is 0 Å². The van der Waals surface area contributed by atoms with Crippen molar-refractivity contribution in [3.8, 4) is 5.75 Å². The Morgan fingerprint density at radius 2 is 2.20 bits per heavy atom. The number of ether oxygens (including phenoxy) is 1. The minimum absolute atomic E-state index is 0.149. The first-order valence-electron chi connectivity index (χ1n) is 4.75. The smallest absolute Gasteiger partial charge is 0.143 e. The third-order valence-corrected chi connectivity index (χ3v) is 3.09. The summed E-state index contributed by atoms with van der Waals surface area (Å²) >= 11 is 3.19. The van der Waals surface area contributed by atoms with E-state index in [9.17, 15) is 4.39 Å². The van der Waals surface area contributed by atoms with E-state index >= 15 is 0 Å². The van der Waals surface area contributed by atoms with Crippen LogP contribution in [0, 0.1) is 12.7 Å². The molecule has 84 valence electrons. The maximum Gasteiger partial charge on any atom is 0.143 e. The third kappa shape index (κ3) is 2.32. The largest absolute Gasteiger partial charge is 0.496 e. The van der Waals surface area contributed by atoms with Gasteiger partial charge in [-0.3, -0.25) is 0 Å². The number of methoxy groups -OCH3 is 1. The Hall–Kier alpha value is -0.610. The monoisotopic (exact) mass is 275 g/mol. The number of benzene rings is 1. The number of hydrogen-bond acceptors (Lipinski definition) is 2. The Kier molecular flexibility index (Phi) is 4.11. The molecule has 0 radical (unpaired) electrons. The van der Waals surface area contributed by atoms with Crippen molar-refractivity contribution >= 4 is 15.9 Å². The number of halogens is 2. The van der Waals surface area contributed by atoms with Gasteiger partial charge in [-0.15, -0.1) is 0 Å². The average molecular weight is 276 g/mol. The fourth-order valence-electron chi connectivity index (χ4n) is 1.52. The van der Waals surface area contributed by atoms with Gasteiger partial charge in [0.1, 0.15) is 11.6 Å². The molecule has 4 heteroatoms. The zero-order valence-electron chi connectivity index (χ0n) is 9.10. The normalized spacial score (nSPS) is 12.7. The Balaban J connectivity index is 3.38. The van der Waals surface area contributed by atoms with Crippen molar-refractivity contribution in [2.75, 3.05) is 13.7 Å². The van der Waals surface area contributed by atoms with Gasteiger partial charge < -0.3 is 10.5 Å². The third-order valence-electron chi connectivity index (χ3n) is 2.51. The fourth-order valence-corrected chi connectivity index (χ4v) is 2.07. The molecule has 0 fully saturated rings. The summed E-state index contributed by atoms with van der Waals surface area (Å²) in [6.07, 6.45) is 0. The second kappa shape index (κ2) is 4.94. The van der Waals surface area contributed by atoms with Crippen LogP contribution in [0.15, 0.2) is 10.5 Å². The zero-order chi connectivity index (χ0) is 11.6. The van der Waals surface area contributed by atoms with E-state index < -0.39 is 0 Å². The molecule has 1 atom stereocenters. The molecule has 1 aromatic carbocycles. The predicted molar refractivity (Wildman–Crippen MR) is 62.9 cm³/mol. The lowest BCUT2D eigenvalue weighted by molar-refractivity contribution is 0.398. The van der Waals surface area contributed by atoms with Gasteiger partial charge in [-0.25, -0.2) is 4.39 Å². The molecule has 0 heterocycles. The summed E-state index contributed by atoms with van der Waals surface area (Å²) in [5.41, 5.74) is 7.05. The summed E-state index contributed by atoms with van der Waals surface area (Å²) in [7, 11) is 1.54. The first-order chi connectivity index (χ1) is 7.02. The standard InChI is InChI=1S/C11H15BrFNO/c1-6(5-14)8-4-9(12)10(13)7(2)11(8)15-3/h4,6H,5,14H2,1-3H3. The van der Waals surface area contributed by atoms with Gasteiger partial charge in [-0.2, -0.15) is 0 Å². The Morgan fingerprint density at radius 3 is 2.67 bits per heavy atom. The fraction of sp³-hybridized carbons (Fsp3) is 0.455. The maximum absolute atomic E-state index is 13.6. The van der Waals surface area contributed by atoms with Crippen LogP contribution in [-0.4, -0.2) is 13.7 Å². The molecule has 1 unspecified atom stereocenters. The molecule has 0 aromatic heterocycles. The molecule has 0 saturated carbocycles. The van der Waals surface area contributed by atoms with Gasteiger partial charge in [0, 0.05) is 5.56 Å². The molecule has 0 amide bonds. The highest BCUT2D eigenvalue weighted by Gasteiger charge is 2.17. The molecule has 0 aliphatic carbocycles. The molecular formula is C11H15BrFNO. The van der Waals surface area contributed by atoms with Crippen LogP contribution in [0.5, 0.6) is 5.75 Å². The van der Waals surface area contributed by atoms with E-state index in [1.807, 2.05) is 6.92 Å². The lowest BCUT2D eigenvalue weighted by Gasteiger charge is -2.17. The molecule has 0 spiro atoms. The van der Waals surface area contributed by atoms with E-state index in [0.717, 1.165) is 5.56 Å². The molecule has 1 aromatic rings. The second-order valence-electron chi connectivity index (χ2n) is 3.56. The summed E-state index contributed by atoms with van der Waals surface area (Å²) in [5.74, 6) is 0.462. The Labute approximate surface area is 97.7 Å². The Bertz CT molecular complexity index is 368. The van der Waals surface area contributed by atoms with Crippen LogP contribution in [0.3, 0.4) is 0 Å². The van der Waals surface area contributed by atoms with Crippen LogP contribution in [0.4, 0.5) is 4.39 Å². The van der Waals surface area contributed by atoms with Crippen molar-refractivity contribution in [2.24, 2.45) is 5.73 Å². The maximum atomic E-state index is 13.6. The first-order valence-corrected chi connectivity index (χ1v) is 5.54. The van der Waals surface area contributed by atoms with Crippen LogP contribution < -0.4 is 10.5 Å². The summed E-state index contributed by atoms with van der Waals surface area (Å²) in [5, 5.41) is 0. The highest BCUT2D eigenvalue weighted by Crippen LogP contribution is 2.35. The number of nitrogens with two attached hydrogens (primary N) is 1. The van der Waals surface area contributed by atoms with Gasteiger partial charge in [0.15, 0.2) is 0 Å². The van der Waals surface area contributed by atoms with Crippen molar-refractivity contribution in [2.45, 2.75) is 19.8 Å². The molecule has 2 nitrogen and oxygen atoms in total. The number of rotatable bonds is 3. The molecule has 2 N–H and O–H groups in total. The minimum Gasteiger partial charge on any atom is -0.496 e. The van der Waals surface area contributed by atoms with Crippen LogP contribution in [0.25, 0.3) is 0 Å². The molecule has 15 heavy (non-hydrogen) atoms. The van der Waals surface area contributed by atoms with Crippen LogP contribution >= 0.6 is 15.9 Å². The SMILES string of the molecule is COc1c(C(C)CN)cc(Br)c(F)c1C. The van der Waals surface area contributed by atoms with E-state index in [4.69, 9.17) is 10.5 Å². The van der Waals surface area contributed by atoms with E-state index in [1.54, 1.807) is 20.1 Å². The summed E-state index contributed by atoms with van der Waals surface area (Å²) in [6.45, 7) is 4.20. The van der Waals surface area contributed by atoms with E-state index in [2.05, 4.69) is 15.9 Å². The molecule has 0 aliphatic rings. The lowest BCUT2D eigenvalue weighted by Crippen LogP contribution is -2.11. The van der Waals surface area contributed by atoms with Crippen molar-refractivity contribution in [1.29, 1.82) is 0 Å². The zero-order valence-corrected chi connectivity index (χ0v) is 10.7. The Morgan fingerprint density at radius 1 is 1.60 bits per heavy atom. The van der Waals surface area contributed by atoms with Gasteiger partial charge in [-0.1, -0.05) is 6.92 Å². The van der Waals surface area contributed by atoms with Crippen molar-refractivity contribution < 1.29 is 9.13 Å². The summed E-state index contributed by atoms with van der Waals surface area (Å²) < 4.78 is 19.2. The van der Waals surface area contributed by atoms with Gasteiger partial charge >= 0.3 is 0 Å². The molecule has 0 saturated heterocycles. The molecule has 0 bridgehead atoms. The summed E-state index contributed by atoms with van der Waals surface area (Å²) in [4.78, 5) is 0. The van der Waals surface area contributed by atoms with Gasteiger partial charge in [-0.05, 0) is 46.9 Å². The molecule has 1 rings (SSSR count). The summed E-state index contributed by atoms with van der Waals surface area (Å²) in [6, 6.07) is 1.73. The second-order valence-corrected chi connectivity index (χ2v) is 4.41. The topological polar surface area (TPSA) is 35.2 Å². The van der Waals surface area contributed by atoms with Crippen LogP contribution in [-0.2, 0) is 0 Å². The van der Waals surface area contributed by atoms with Gasteiger partial charge in [0.05, 0.1) is 11.6 Å². The lowest BCUT2D eigenvalue weighted by atomic mass is 9.97.